The molecule has 2 aromatic rings. The Hall–Kier alpha value is -1.45. The molecule has 2 nitrogen and oxygen atoms in total. The molecular weight excluding hydrogens is 266 g/mol. The van der Waals surface area contributed by atoms with Crippen molar-refractivity contribution in [3.63, 3.8) is 0 Å². The van der Waals surface area contributed by atoms with Gasteiger partial charge in [-0.25, -0.2) is 0 Å². The first-order chi connectivity index (χ1) is 9.74. The Labute approximate surface area is 125 Å². The molecule has 0 saturated carbocycles. The summed E-state index contributed by atoms with van der Waals surface area (Å²) in [4.78, 5) is 1.26. The van der Waals surface area contributed by atoms with Gasteiger partial charge in [0.15, 0.2) is 0 Å². The molecule has 1 atom stereocenters. The Bertz CT molecular complexity index is 539. The molecule has 0 bridgehead atoms. The summed E-state index contributed by atoms with van der Waals surface area (Å²) in [5.74, 6) is 1.91. The van der Waals surface area contributed by atoms with Gasteiger partial charge in [-0.3, -0.25) is 0 Å². The maximum absolute atomic E-state index is 5.18. The first kappa shape index (κ1) is 14.9. The minimum absolute atomic E-state index is 0.364. The van der Waals surface area contributed by atoms with Crippen LogP contribution in [0, 0.1) is 6.92 Å². The summed E-state index contributed by atoms with van der Waals surface area (Å²) in [7, 11) is 3.71. The van der Waals surface area contributed by atoms with E-state index in [9.17, 15) is 0 Å². The van der Waals surface area contributed by atoms with E-state index < -0.39 is 0 Å². The number of thioether (sulfide) groups is 1. The fraction of sp³-hybridized carbons (Fsp3) is 0.294. The summed E-state index contributed by atoms with van der Waals surface area (Å²) in [5, 5.41) is 3.41. The molecule has 0 saturated heterocycles. The van der Waals surface area contributed by atoms with Gasteiger partial charge in [0.2, 0.25) is 0 Å². The number of aryl methyl sites for hydroxylation is 1. The van der Waals surface area contributed by atoms with E-state index in [0.29, 0.717) is 6.04 Å². The molecule has 0 amide bonds. The quantitative estimate of drug-likeness (QED) is 0.810. The van der Waals surface area contributed by atoms with Crippen molar-refractivity contribution in [3.8, 4) is 5.75 Å². The number of methoxy groups -OCH3 is 1. The van der Waals surface area contributed by atoms with Crippen LogP contribution >= 0.6 is 11.8 Å². The second kappa shape index (κ2) is 7.36. The van der Waals surface area contributed by atoms with Gasteiger partial charge in [-0.15, -0.1) is 11.8 Å². The van der Waals surface area contributed by atoms with Crippen LogP contribution in [0.4, 0.5) is 0 Å². The van der Waals surface area contributed by atoms with Crippen molar-refractivity contribution in [3.05, 3.63) is 59.7 Å². The summed E-state index contributed by atoms with van der Waals surface area (Å²) in [6.45, 7) is 2.16. The van der Waals surface area contributed by atoms with Gasteiger partial charge >= 0.3 is 0 Å². The van der Waals surface area contributed by atoms with Crippen LogP contribution in [-0.4, -0.2) is 19.9 Å². The molecule has 106 valence electrons. The zero-order valence-electron chi connectivity index (χ0n) is 12.2. The van der Waals surface area contributed by atoms with Gasteiger partial charge in [-0.2, -0.15) is 0 Å². The average molecular weight is 287 g/mol. The van der Waals surface area contributed by atoms with Gasteiger partial charge in [0.1, 0.15) is 5.75 Å². The Balaban J connectivity index is 2.02. The van der Waals surface area contributed by atoms with Crippen LogP contribution in [0.3, 0.4) is 0 Å². The number of nitrogens with one attached hydrogen (secondary N) is 1. The molecule has 1 unspecified atom stereocenters. The van der Waals surface area contributed by atoms with E-state index in [2.05, 4.69) is 48.6 Å². The summed E-state index contributed by atoms with van der Waals surface area (Å²) in [6.07, 6.45) is 0. The molecule has 0 heterocycles. The second-order valence-corrected chi connectivity index (χ2v) is 5.78. The van der Waals surface area contributed by atoms with Crippen molar-refractivity contribution in [1.29, 1.82) is 0 Å². The molecule has 0 spiro atoms. The van der Waals surface area contributed by atoms with Crippen molar-refractivity contribution in [2.75, 3.05) is 19.9 Å². The highest BCUT2D eigenvalue weighted by molar-refractivity contribution is 7.99. The minimum atomic E-state index is 0.364. The van der Waals surface area contributed by atoms with E-state index in [1.54, 1.807) is 7.11 Å². The zero-order chi connectivity index (χ0) is 14.4. The third-order valence-electron chi connectivity index (χ3n) is 3.39. The number of benzene rings is 2. The van der Waals surface area contributed by atoms with E-state index in [1.165, 1.54) is 16.0 Å². The van der Waals surface area contributed by atoms with Crippen LogP contribution in [0.25, 0.3) is 0 Å². The predicted molar refractivity (Wildman–Crippen MR) is 86.7 cm³/mol. The lowest BCUT2D eigenvalue weighted by Crippen LogP contribution is -2.19. The number of hydrogen-bond acceptors (Lipinski definition) is 3. The monoisotopic (exact) mass is 287 g/mol. The van der Waals surface area contributed by atoms with E-state index in [1.807, 2.05) is 30.9 Å². The van der Waals surface area contributed by atoms with Gasteiger partial charge in [0.05, 0.1) is 7.11 Å². The number of rotatable bonds is 6. The highest BCUT2D eigenvalue weighted by Crippen LogP contribution is 2.27. The molecule has 0 aliphatic carbocycles. The summed E-state index contributed by atoms with van der Waals surface area (Å²) in [5.41, 5.74) is 2.71. The van der Waals surface area contributed by atoms with Crippen LogP contribution in [0.1, 0.15) is 17.2 Å². The third-order valence-corrected chi connectivity index (χ3v) is 4.49. The Morgan fingerprint density at radius 2 is 1.80 bits per heavy atom. The normalized spacial score (nSPS) is 12.2. The fourth-order valence-electron chi connectivity index (χ4n) is 2.16. The first-order valence-corrected chi connectivity index (χ1v) is 7.73. The fourth-order valence-corrected chi connectivity index (χ4v) is 3.19. The average Bonchev–Trinajstić information content (AvgIpc) is 2.50. The number of hydrogen-bond donors (Lipinski definition) is 1. The van der Waals surface area contributed by atoms with Gasteiger partial charge in [-0.05, 0) is 49.4 Å². The molecule has 2 rings (SSSR count). The third kappa shape index (κ3) is 3.78. The van der Waals surface area contributed by atoms with Crippen LogP contribution in [0.2, 0.25) is 0 Å². The van der Waals surface area contributed by atoms with E-state index in [-0.39, 0.29) is 0 Å². The SMILES string of the molecule is CNC(CSc1ccc(OC)cc1)c1ccccc1C. The molecule has 0 radical (unpaired) electrons. The lowest BCUT2D eigenvalue weighted by molar-refractivity contribution is 0.414. The van der Waals surface area contributed by atoms with Gasteiger partial charge in [0, 0.05) is 16.7 Å². The highest BCUT2D eigenvalue weighted by Gasteiger charge is 2.11. The minimum Gasteiger partial charge on any atom is -0.497 e. The molecule has 2 aromatic carbocycles. The van der Waals surface area contributed by atoms with E-state index >= 15 is 0 Å². The maximum atomic E-state index is 5.18. The van der Waals surface area contributed by atoms with Gasteiger partial charge in [-0.1, -0.05) is 24.3 Å². The van der Waals surface area contributed by atoms with E-state index in [4.69, 9.17) is 4.74 Å². The maximum Gasteiger partial charge on any atom is 0.118 e. The second-order valence-electron chi connectivity index (χ2n) is 4.68. The lowest BCUT2D eigenvalue weighted by atomic mass is 10.0. The van der Waals surface area contributed by atoms with Crippen molar-refractivity contribution < 1.29 is 4.74 Å². The largest absolute Gasteiger partial charge is 0.497 e. The van der Waals surface area contributed by atoms with Gasteiger partial charge in [0.25, 0.3) is 0 Å². The van der Waals surface area contributed by atoms with Crippen molar-refractivity contribution in [2.24, 2.45) is 0 Å². The standard InChI is InChI=1S/C17H21NOS/c1-13-6-4-5-7-16(13)17(18-2)12-20-15-10-8-14(19-3)9-11-15/h4-11,17-18H,12H2,1-3H3. The van der Waals surface area contributed by atoms with E-state index in [0.717, 1.165) is 11.5 Å². The highest BCUT2D eigenvalue weighted by atomic mass is 32.2. The van der Waals surface area contributed by atoms with Crippen molar-refractivity contribution in [2.45, 2.75) is 17.9 Å². The molecule has 1 N–H and O–H groups in total. The molecule has 0 fully saturated rings. The predicted octanol–water partition coefficient (Wildman–Crippen LogP) is 4.06. The molecule has 3 heteroatoms. The Morgan fingerprint density at radius 3 is 2.40 bits per heavy atom. The van der Waals surface area contributed by atoms with Crippen molar-refractivity contribution in [1.82, 2.24) is 5.32 Å². The molecular formula is C17H21NOS. The number of ether oxygens (including phenoxy) is 1. The molecule has 0 aliphatic heterocycles. The molecule has 0 aliphatic rings. The summed E-state index contributed by atoms with van der Waals surface area (Å²) >= 11 is 1.86. The first-order valence-electron chi connectivity index (χ1n) is 6.74. The van der Waals surface area contributed by atoms with Crippen LogP contribution in [0.5, 0.6) is 5.75 Å². The topological polar surface area (TPSA) is 21.3 Å². The Morgan fingerprint density at radius 1 is 1.10 bits per heavy atom. The van der Waals surface area contributed by atoms with Crippen molar-refractivity contribution >= 4 is 11.8 Å². The van der Waals surface area contributed by atoms with Gasteiger partial charge < -0.3 is 10.1 Å². The summed E-state index contributed by atoms with van der Waals surface area (Å²) in [6, 6.07) is 17.1. The zero-order valence-corrected chi connectivity index (χ0v) is 13.0. The Kier molecular flexibility index (Phi) is 5.50. The molecule has 0 aromatic heterocycles. The van der Waals surface area contributed by atoms with Crippen LogP contribution in [0.15, 0.2) is 53.4 Å². The lowest BCUT2D eigenvalue weighted by Gasteiger charge is -2.18. The summed E-state index contributed by atoms with van der Waals surface area (Å²) < 4.78 is 5.18. The smallest absolute Gasteiger partial charge is 0.118 e. The van der Waals surface area contributed by atoms with Crippen LogP contribution < -0.4 is 10.1 Å². The van der Waals surface area contributed by atoms with Crippen LogP contribution in [-0.2, 0) is 0 Å². The molecule has 20 heavy (non-hydrogen) atoms.